The van der Waals surface area contributed by atoms with Gasteiger partial charge in [0.15, 0.2) is 0 Å². The van der Waals surface area contributed by atoms with Gasteiger partial charge in [-0.05, 0) is 37.5 Å². The molecule has 1 aliphatic rings. The molecule has 0 saturated carbocycles. The SMILES string of the molecule is CC(CO)CNC(=O)c1ccc(CN2CC(C)OC(C)C2)cc1. The van der Waals surface area contributed by atoms with Gasteiger partial charge in [-0.1, -0.05) is 19.1 Å². The van der Waals surface area contributed by atoms with Crippen LogP contribution >= 0.6 is 0 Å². The van der Waals surface area contributed by atoms with Crippen molar-refractivity contribution in [2.24, 2.45) is 5.92 Å². The van der Waals surface area contributed by atoms with Crippen LogP contribution in [0.25, 0.3) is 0 Å². The van der Waals surface area contributed by atoms with E-state index in [0.29, 0.717) is 12.1 Å². The summed E-state index contributed by atoms with van der Waals surface area (Å²) in [5.41, 5.74) is 1.86. The highest BCUT2D eigenvalue weighted by molar-refractivity contribution is 5.94. The van der Waals surface area contributed by atoms with Crippen LogP contribution in [-0.2, 0) is 11.3 Å². The largest absolute Gasteiger partial charge is 0.396 e. The van der Waals surface area contributed by atoms with E-state index in [1.807, 2.05) is 31.2 Å². The molecule has 3 atom stereocenters. The summed E-state index contributed by atoms with van der Waals surface area (Å²) in [5, 5.41) is 11.8. The van der Waals surface area contributed by atoms with Gasteiger partial charge in [0, 0.05) is 38.3 Å². The van der Waals surface area contributed by atoms with E-state index >= 15 is 0 Å². The number of carbonyl (C=O) groups excluding carboxylic acids is 1. The molecule has 1 aromatic carbocycles. The van der Waals surface area contributed by atoms with Crippen molar-refractivity contribution in [1.29, 1.82) is 0 Å². The Morgan fingerprint density at radius 1 is 1.30 bits per heavy atom. The number of hydrogen-bond acceptors (Lipinski definition) is 4. The molecule has 0 aliphatic carbocycles. The Morgan fingerprint density at radius 2 is 1.91 bits per heavy atom. The maximum absolute atomic E-state index is 12.0. The first-order valence-electron chi connectivity index (χ1n) is 8.33. The number of nitrogens with zero attached hydrogens (tertiary/aromatic N) is 1. The third-order valence-corrected chi connectivity index (χ3v) is 4.04. The topological polar surface area (TPSA) is 61.8 Å². The lowest BCUT2D eigenvalue weighted by Gasteiger charge is -2.35. The Hall–Kier alpha value is -1.43. The predicted molar refractivity (Wildman–Crippen MR) is 90.3 cm³/mol. The van der Waals surface area contributed by atoms with E-state index in [1.54, 1.807) is 0 Å². The molecule has 0 aromatic heterocycles. The van der Waals surface area contributed by atoms with Crippen molar-refractivity contribution < 1.29 is 14.6 Å². The van der Waals surface area contributed by atoms with Gasteiger partial charge in [0.1, 0.15) is 0 Å². The smallest absolute Gasteiger partial charge is 0.251 e. The Labute approximate surface area is 138 Å². The van der Waals surface area contributed by atoms with Crippen LogP contribution in [0.15, 0.2) is 24.3 Å². The van der Waals surface area contributed by atoms with Crippen LogP contribution in [0, 0.1) is 5.92 Å². The number of benzene rings is 1. The molecule has 23 heavy (non-hydrogen) atoms. The molecule has 2 rings (SSSR count). The first-order chi connectivity index (χ1) is 11.0. The first-order valence-corrected chi connectivity index (χ1v) is 8.33. The minimum Gasteiger partial charge on any atom is -0.396 e. The second-order valence-electron chi connectivity index (χ2n) is 6.65. The average molecular weight is 320 g/mol. The molecular weight excluding hydrogens is 292 g/mol. The normalized spacial score (nSPS) is 23.5. The summed E-state index contributed by atoms with van der Waals surface area (Å²) in [5.74, 6) is -0.0195. The zero-order valence-corrected chi connectivity index (χ0v) is 14.3. The van der Waals surface area contributed by atoms with Gasteiger partial charge in [-0.2, -0.15) is 0 Å². The number of aliphatic hydroxyl groups excluding tert-OH is 1. The fourth-order valence-corrected chi connectivity index (χ4v) is 2.87. The number of amides is 1. The molecule has 5 heteroatoms. The molecule has 1 aromatic rings. The summed E-state index contributed by atoms with van der Waals surface area (Å²) >= 11 is 0. The van der Waals surface area contributed by atoms with E-state index < -0.39 is 0 Å². The predicted octanol–water partition coefficient (Wildman–Crippen LogP) is 1.65. The van der Waals surface area contributed by atoms with Crippen molar-refractivity contribution >= 4 is 5.91 Å². The summed E-state index contributed by atoms with van der Waals surface area (Å²) < 4.78 is 5.75. The molecule has 1 fully saturated rings. The van der Waals surface area contributed by atoms with E-state index in [0.717, 1.165) is 19.6 Å². The van der Waals surface area contributed by atoms with Gasteiger partial charge in [-0.25, -0.2) is 0 Å². The van der Waals surface area contributed by atoms with Crippen LogP contribution < -0.4 is 5.32 Å². The number of morpholine rings is 1. The minimum atomic E-state index is -0.0922. The summed E-state index contributed by atoms with van der Waals surface area (Å²) in [4.78, 5) is 14.4. The third-order valence-electron chi connectivity index (χ3n) is 4.04. The van der Waals surface area contributed by atoms with E-state index in [1.165, 1.54) is 5.56 Å². The molecule has 0 spiro atoms. The monoisotopic (exact) mass is 320 g/mol. The van der Waals surface area contributed by atoms with Gasteiger partial charge in [-0.3, -0.25) is 9.69 Å². The summed E-state index contributed by atoms with van der Waals surface area (Å²) in [6.45, 7) is 9.41. The molecule has 3 unspecified atom stereocenters. The van der Waals surface area contributed by atoms with Crippen LogP contribution in [0.3, 0.4) is 0 Å². The van der Waals surface area contributed by atoms with Crippen molar-refractivity contribution in [2.75, 3.05) is 26.2 Å². The lowest BCUT2D eigenvalue weighted by Crippen LogP contribution is -2.44. The molecule has 1 saturated heterocycles. The molecule has 128 valence electrons. The number of nitrogens with one attached hydrogen (secondary N) is 1. The van der Waals surface area contributed by atoms with Crippen molar-refractivity contribution in [2.45, 2.75) is 39.5 Å². The van der Waals surface area contributed by atoms with E-state index in [2.05, 4.69) is 24.1 Å². The van der Waals surface area contributed by atoms with Crippen LogP contribution in [-0.4, -0.2) is 54.4 Å². The molecule has 2 N–H and O–H groups in total. The maximum Gasteiger partial charge on any atom is 0.251 e. The van der Waals surface area contributed by atoms with Crippen LogP contribution in [0.5, 0.6) is 0 Å². The zero-order chi connectivity index (χ0) is 16.8. The van der Waals surface area contributed by atoms with E-state index in [4.69, 9.17) is 9.84 Å². The standard InChI is InChI=1S/C18H28N2O3/c1-13(12-21)8-19-18(22)17-6-4-16(5-7-17)11-20-9-14(2)23-15(3)10-20/h4-7,13-15,21H,8-12H2,1-3H3,(H,19,22). The summed E-state index contributed by atoms with van der Waals surface area (Å²) in [6, 6.07) is 7.74. The zero-order valence-electron chi connectivity index (χ0n) is 14.3. The average Bonchev–Trinajstić information content (AvgIpc) is 2.52. The Balaban J connectivity index is 1.87. The van der Waals surface area contributed by atoms with Gasteiger partial charge in [0.25, 0.3) is 5.91 Å². The number of aliphatic hydroxyl groups is 1. The number of rotatable bonds is 6. The molecule has 1 amide bonds. The van der Waals surface area contributed by atoms with Crippen molar-refractivity contribution in [3.05, 3.63) is 35.4 Å². The second kappa shape index (κ2) is 8.43. The van der Waals surface area contributed by atoms with Crippen LogP contribution in [0.2, 0.25) is 0 Å². The van der Waals surface area contributed by atoms with Gasteiger partial charge < -0.3 is 15.2 Å². The van der Waals surface area contributed by atoms with Crippen LogP contribution in [0.1, 0.15) is 36.7 Å². The first kappa shape index (κ1) is 17.9. The summed E-state index contributed by atoms with van der Waals surface area (Å²) in [6.07, 6.45) is 0.523. The molecule has 1 aliphatic heterocycles. The van der Waals surface area contributed by atoms with E-state index in [-0.39, 0.29) is 30.6 Å². The quantitative estimate of drug-likeness (QED) is 0.837. The number of carbonyl (C=O) groups is 1. The molecule has 1 heterocycles. The maximum atomic E-state index is 12.0. The second-order valence-corrected chi connectivity index (χ2v) is 6.65. The van der Waals surface area contributed by atoms with Crippen molar-refractivity contribution in [3.8, 4) is 0 Å². The lowest BCUT2D eigenvalue weighted by molar-refractivity contribution is -0.0704. The van der Waals surface area contributed by atoms with Crippen molar-refractivity contribution in [1.82, 2.24) is 10.2 Å². The lowest BCUT2D eigenvalue weighted by atomic mass is 10.1. The fraction of sp³-hybridized carbons (Fsp3) is 0.611. The third kappa shape index (κ3) is 5.61. The highest BCUT2D eigenvalue weighted by atomic mass is 16.5. The Morgan fingerprint density at radius 3 is 2.48 bits per heavy atom. The highest BCUT2D eigenvalue weighted by Crippen LogP contribution is 2.14. The fourth-order valence-electron chi connectivity index (χ4n) is 2.87. The molecule has 5 nitrogen and oxygen atoms in total. The highest BCUT2D eigenvalue weighted by Gasteiger charge is 2.22. The van der Waals surface area contributed by atoms with Crippen molar-refractivity contribution in [3.63, 3.8) is 0 Å². The molecular formula is C18H28N2O3. The summed E-state index contributed by atoms with van der Waals surface area (Å²) in [7, 11) is 0. The van der Waals surface area contributed by atoms with Gasteiger partial charge >= 0.3 is 0 Å². The Bertz CT molecular complexity index is 493. The van der Waals surface area contributed by atoms with Crippen LogP contribution in [0.4, 0.5) is 0 Å². The number of ether oxygens (including phenoxy) is 1. The Kier molecular flexibility index (Phi) is 6.57. The molecule has 0 bridgehead atoms. The molecule has 0 radical (unpaired) electrons. The van der Waals surface area contributed by atoms with Gasteiger partial charge in [0.2, 0.25) is 0 Å². The van der Waals surface area contributed by atoms with Gasteiger partial charge in [-0.15, -0.1) is 0 Å². The minimum absolute atomic E-state index is 0.0727. The van der Waals surface area contributed by atoms with Gasteiger partial charge in [0.05, 0.1) is 12.2 Å². The van der Waals surface area contributed by atoms with E-state index in [9.17, 15) is 4.79 Å². The number of hydrogen-bond donors (Lipinski definition) is 2.